The fourth-order valence-corrected chi connectivity index (χ4v) is 1.59. The van der Waals surface area contributed by atoms with Gasteiger partial charge in [-0.1, -0.05) is 0 Å². The van der Waals surface area contributed by atoms with Gasteiger partial charge in [-0.15, -0.1) is 0 Å². The summed E-state index contributed by atoms with van der Waals surface area (Å²) in [5.41, 5.74) is 6.45. The highest BCUT2D eigenvalue weighted by Gasteiger charge is 2.22. The van der Waals surface area contributed by atoms with E-state index in [1.54, 1.807) is 6.92 Å². The number of carboxylic acid groups (broad SMARTS) is 2. The van der Waals surface area contributed by atoms with E-state index in [0.29, 0.717) is 11.3 Å². The summed E-state index contributed by atoms with van der Waals surface area (Å²) < 4.78 is 0. The zero-order chi connectivity index (χ0) is 15.3. The van der Waals surface area contributed by atoms with Gasteiger partial charge < -0.3 is 21.3 Å². The number of carboxylic acids is 2. The average Bonchev–Trinajstić information content (AvgIpc) is 2.33. The van der Waals surface area contributed by atoms with Crippen molar-refractivity contribution in [3.05, 3.63) is 23.5 Å². The van der Waals surface area contributed by atoms with Crippen LogP contribution in [0.25, 0.3) is 0 Å². The van der Waals surface area contributed by atoms with E-state index in [9.17, 15) is 14.4 Å². The van der Waals surface area contributed by atoms with Gasteiger partial charge in [0.15, 0.2) is 0 Å². The molecule has 0 fully saturated rings. The van der Waals surface area contributed by atoms with Gasteiger partial charge in [-0.05, 0) is 25.0 Å². The first-order valence-corrected chi connectivity index (χ1v) is 5.79. The van der Waals surface area contributed by atoms with E-state index in [2.05, 4.69) is 10.3 Å². The minimum atomic E-state index is -1.30. The Morgan fingerprint density at radius 1 is 1.40 bits per heavy atom. The van der Waals surface area contributed by atoms with Crippen molar-refractivity contribution in [1.29, 1.82) is 0 Å². The topological polar surface area (TPSA) is 143 Å². The predicted octanol–water partition coefficient (Wildman–Crippen LogP) is 0.0200. The monoisotopic (exact) mass is 281 g/mol. The number of rotatable bonds is 6. The van der Waals surface area contributed by atoms with E-state index >= 15 is 0 Å². The van der Waals surface area contributed by atoms with E-state index in [1.807, 2.05) is 0 Å². The number of aromatic nitrogens is 1. The Morgan fingerprint density at radius 2 is 2.05 bits per heavy atom. The number of amides is 1. The van der Waals surface area contributed by atoms with Crippen LogP contribution in [0.1, 0.15) is 28.9 Å². The van der Waals surface area contributed by atoms with E-state index in [-0.39, 0.29) is 18.5 Å². The third-order valence-electron chi connectivity index (χ3n) is 2.56. The molecule has 1 atom stereocenters. The zero-order valence-electron chi connectivity index (χ0n) is 10.8. The number of nitrogens with two attached hydrogens (primary N) is 1. The summed E-state index contributed by atoms with van der Waals surface area (Å²) in [7, 11) is 0. The highest BCUT2D eigenvalue weighted by atomic mass is 16.4. The quantitative estimate of drug-likeness (QED) is 0.575. The molecular weight excluding hydrogens is 266 g/mol. The van der Waals surface area contributed by atoms with Gasteiger partial charge in [-0.3, -0.25) is 9.59 Å². The Balaban J connectivity index is 2.80. The lowest BCUT2D eigenvalue weighted by Gasteiger charge is -2.14. The number of aryl methyl sites for hydroxylation is 1. The summed E-state index contributed by atoms with van der Waals surface area (Å²) in [6.07, 6.45) is 0.727. The average molecular weight is 281 g/mol. The molecule has 5 N–H and O–H groups in total. The van der Waals surface area contributed by atoms with Crippen LogP contribution in [0, 0.1) is 6.92 Å². The molecule has 0 bridgehead atoms. The molecule has 0 aliphatic rings. The molecule has 8 heteroatoms. The first kappa shape index (κ1) is 15.4. The number of hydrogen-bond donors (Lipinski definition) is 4. The summed E-state index contributed by atoms with van der Waals surface area (Å²) in [5, 5.41) is 19.7. The Morgan fingerprint density at radius 3 is 2.55 bits per heavy atom. The van der Waals surface area contributed by atoms with Crippen LogP contribution in [0.4, 0.5) is 5.69 Å². The number of nitrogen functional groups attached to an aromatic ring is 1. The third-order valence-corrected chi connectivity index (χ3v) is 2.56. The van der Waals surface area contributed by atoms with Crippen LogP contribution in [-0.2, 0) is 9.59 Å². The number of aliphatic carboxylic acids is 2. The predicted molar refractivity (Wildman–Crippen MR) is 69.1 cm³/mol. The number of pyridine rings is 1. The molecule has 8 nitrogen and oxygen atoms in total. The molecule has 0 aliphatic heterocycles. The number of carbonyl (C=O) groups excluding carboxylic acids is 1. The summed E-state index contributed by atoms with van der Waals surface area (Å²) in [5.74, 6) is -3.11. The highest BCUT2D eigenvalue weighted by Crippen LogP contribution is 2.09. The van der Waals surface area contributed by atoms with Crippen LogP contribution in [0.3, 0.4) is 0 Å². The normalized spacial score (nSPS) is 11.7. The Labute approximate surface area is 114 Å². The first-order chi connectivity index (χ1) is 9.31. The maximum atomic E-state index is 11.9. The lowest BCUT2D eigenvalue weighted by atomic mass is 10.1. The molecule has 1 aromatic rings. The molecule has 20 heavy (non-hydrogen) atoms. The Kier molecular flexibility index (Phi) is 5.01. The maximum absolute atomic E-state index is 11.9. The molecule has 1 heterocycles. The fraction of sp³-hybridized carbons (Fsp3) is 0.333. The number of nitrogens with zero attached hydrogens (tertiary/aromatic N) is 1. The third kappa shape index (κ3) is 4.23. The molecule has 1 unspecified atom stereocenters. The second-order valence-corrected chi connectivity index (χ2v) is 4.23. The van der Waals surface area contributed by atoms with Gasteiger partial charge in [0.1, 0.15) is 11.7 Å². The largest absolute Gasteiger partial charge is 0.481 e. The van der Waals surface area contributed by atoms with Gasteiger partial charge in [-0.25, -0.2) is 9.78 Å². The molecule has 1 aromatic heterocycles. The smallest absolute Gasteiger partial charge is 0.326 e. The highest BCUT2D eigenvalue weighted by molar-refractivity contribution is 5.96. The van der Waals surface area contributed by atoms with E-state index in [4.69, 9.17) is 15.9 Å². The summed E-state index contributed by atoms with van der Waals surface area (Å²) in [4.78, 5) is 37.2. The van der Waals surface area contributed by atoms with Crippen LogP contribution in [0.15, 0.2) is 12.3 Å². The molecule has 0 aliphatic carbocycles. The van der Waals surface area contributed by atoms with Crippen molar-refractivity contribution in [3.63, 3.8) is 0 Å². The number of nitrogens with one attached hydrogen (secondary N) is 1. The standard InChI is InChI=1S/C12H15N3O5/c1-6-4-7(13)5-14-10(6)11(18)15-8(12(19)20)2-3-9(16)17/h4-5,8H,2-3,13H2,1H3,(H,15,18)(H,16,17)(H,19,20). The van der Waals surface area contributed by atoms with E-state index < -0.39 is 23.9 Å². The van der Waals surface area contributed by atoms with Gasteiger partial charge >= 0.3 is 11.9 Å². The van der Waals surface area contributed by atoms with E-state index in [0.717, 1.165) is 0 Å². The van der Waals surface area contributed by atoms with Gasteiger partial charge in [0.2, 0.25) is 0 Å². The van der Waals surface area contributed by atoms with Crippen molar-refractivity contribution in [2.45, 2.75) is 25.8 Å². The van der Waals surface area contributed by atoms with Crippen LogP contribution in [0.5, 0.6) is 0 Å². The van der Waals surface area contributed by atoms with Crippen molar-refractivity contribution < 1.29 is 24.6 Å². The fourth-order valence-electron chi connectivity index (χ4n) is 1.59. The summed E-state index contributed by atoms with van der Waals surface area (Å²) in [6.45, 7) is 1.62. The van der Waals surface area contributed by atoms with Gasteiger partial charge in [-0.2, -0.15) is 0 Å². The number of carbonyl (C=O) groups is 3. The van der Waals surface area contributed by atoms with Crippen LogP contribution < -0.4 is 11.1 Å². The molecular formula is C12H15N3O5. The molecule has 0 radical (unpaired) electrons. The molecule has 0 spiro atoms. The zero-order valence-corrected chi connectivity index (χ0v) is 10.8. The van der Waals surface area contributed by atoms with Crippen molar-refractivity contribution in [1.82, 2.24) is 10.3 Å². The van der Waals surface area contributed by atoms with Crippen LogP contribution in [0.2, 0.25) is 0 Å². The SMILES string of the molecule is Cc1cc(N)cnc1C(=O)NC(CCC(=O)O)C(=O)O. The Bertz CT molecular complexity index is 544. The minimum absolute atomic E-state index is 0.0563. The second kappa shape index (κ2) is 6.50. The number of hydrogen-bond acceptors (Lipinski definition) is 5. The van der Waals surface area contributed by atoms with Crippen LogP contribution in [-0.4, -0.2) is 39.1 Å². The van der Waals surface area contributed by atoms with Crippen molar-refractivity contribution in [2.75, 3.05) is 5.73 Å². The molecule has 1 rings (SSSR count). The molecule has 0 aromatic carbocycles. The van der Waals surface area contributed by atoms with Crippen molar-refractivity contribution in [2.24, 2.45) is 0 Å². The lowest BCUT2D eigenvalue weighted by molar-refractivity contribution is -0.140. The lowest BCUT2D eigenvalue weighted by Crippen LogP contribution is -2.41. The molecule has 108 valence electrons. The van der Waals surface area contributed by atoms with E-state index in [1.165, 1.54) is 12.3 Å². The minimum Gasteiger partial charge on any atom is -0.481 e. The molecule has 0 saturated heterocycles. The van der Waals surface area contributed by atoms with Gasteiger partial charge in [0, 0.05) is 6.42 Å². The summed E-state index contributed by atoms with van der Waals surface area (Å²) in [6, 6.07) is 0.256. The summed E-state index contributed by atoms with van der Waals surface area (Å²) >= 11 is 0. The van der Waals surface area contributed by atoms with Crippen LogP contribution >= 0.6 is 0 Å². The number of anilines is 1. The van der Waals surface area contributed by atoms with Gasteiger partial charge in [0.05, 0.1) is 11.9 Å². The van der Waals surface area contributed by atoms with Gasteiger partial charge in [0.25, 0.3) is 5.91 Å². The van der Waals surface area contributed by atoms with Crippen molar-refractivity contribution >= 4 is 23.5 Å². The second-order valence-electron chi connectivity index (χ2n) is 4.23. The van der Waals surface area contributed by atoms with Crippen molar-refractivity contribution in [3.8, 4) is 0 Å². The molecule has 1 amide bonds. The Hall–Kier alpha value is -2.64. The molecule has 0 saturated carbocycles. The first-order valence-electron chi connectivity index (χ1n) is 5.79. The maximum Gasteiger partial charge on any atom is 0.326 e.